The molecule has 0 N–H and O–H groups in total. The standard InChI is InChI=1S/C51H32N4O/c1-4-13-33(14-5-1)34-23-25-35(26-24-34)38-19-12-20-40(29-38)55-45-22-11-10-21-41(45)43-32-48-44(31-46(43)55)42-28-27-39(30-47(42)56-48)51-53-49(36-15-6-2-7-16-36)52-50(54-51)37-17-8-3-9-18-37/h1-32H. The monoisotopic (exact) mass is 716 g/mol. The molecule has 0 unspecified atom stereocenters. The van der Waals surface area contributed by atoms with Crippen LogP contribution in [0.1, 0.15) is 0 Å². The van der Waals surface area contributed by atoms with Gasteiger partial charge in [-0.2, -0.15) is 0 Å². The van der Waals surface area contributed by atoms with Crippen molar-refractivity contribution in [2.24, 2.45) is 0 Å². The number of aromatic nitrogens is 4. The zero-order chi connectivity index (χ0) is 37.0. The molecule has 8 aromatic carbocycles. The van der Waals surface area contributed by atoms with Gasteiger partial charge in [0.25, 0.3) is 0 Å². The van der Waals surface area contributed by atoms with E-state index in [1.165, 1.54) is 27.6 Å². The Morgan fingerprint density at radius 2 is 0.821 bits per heavy atom. The summed E-state index contributed by atoms with van der Waals surface area (Å²) in [4.78, 5) is 14.8. The fourth-order valence-electron chi connectivity index (χ4n) is 7.90. The van der Waals surface area contributed by atoms with Crippen molar-refractivity contribution in [1.82, 2.24) is 19.5 Å². The SMILES string of the molecule is c1ccc(-c2ccc(-c3cccc(-n4c5ccccc5c5cc6oc7cc(-c8nc(-c9ccccc9)nc(-c9ccccc9)n8)ccc7c6cc54)c3)cc2)cc1. The third kappa shape index (κ3) is 5.45. The number of benzene rings is 8. The van der Waals surface area contributed by atoms with Crippen LogP contribution in [0.25, 0.3) is 106 Å². The molecule has 0 saturated heterocycles. The Morgan fingerprint density at radius 3 is 1.50 bits per heavy atom. The maximum absolute atomic E-state index is 6.65. The van der Waals surface area contributed by atoms with Crippen molar-refractivity contribution in [3.8, 4) is 62.1 Å². The van der Waals surface area contributed by atoms with Gasteiger partial charge >= 0.3 is 0 Å². The van der Waals surface area contributed by atoms with Gasteiger partial charge in [-0.25, -0.2) is 15.0 Å². The average molecular weight is 717 g/mol. The van der Waals surface area contributed by atoms with E-state index in [0.717, 1.165) is 60.7 Å². The highest BCUT2D eigenvalue weighted by molar-refractivity contribution is 6.17. The predicted molar refractivity (Wildman–Crippen MR) is 229 cm³/mol. The highest BCUT2D eigenvalue weighted by Crippen LogP contribution is 2.40. The van der Waals surface area contributed by atoms with E-state index in [9.17, 15) is 0 Å². The molecule has 262 valence electrons. The molecule has 0 radical (unpaired) electrons. The van der Waals surface area contributed by atoms with E-state index in [4.69, 9.17) is 19.4 Å². The Balaban J connectivity index is 1.03. The summed E-state index contributed by atoms with van der Waals surface area (Å²) in [5.74, 6) is 1.85. The fourth-order valence-corrected chi connectivity index (χ4v) is 7.90. The van der Waals surface area contributed by atoms with Gasteiger partial charge in [0.15, 0.2) is 17.5 Å². The molecule has 5 nitrogen and oxygen atoms in total. The lowest BCUT2D eigenvalue weighted by molar-refractivity contribution is 0.669. The molecule has 0 aliphatic heterocycles. The zero-order valence-electron chi connectivity index (χ0n) is 30.2. The van der Waals surface area contributed by atoms with Crippen LogP contribution in [0.5, 0.6) is 0 Å². The van der Waals surface area contributed by atoms with Gasteiger partial charge in [0.1, 0.15) is 11.2 Å². The molecule has 0 spiro atoms. The van der Waals surface area contributed by atoms with E-state index in [-0.39, 0.29) is 0 Å². The van der Waals surface area contributed by atoms with Crippen molar-refractivity contribution in [2.45, 2.75) is 0 Å². The molecular formula is C51H32N4O. The minimum absolute atomic E-state index is 0.595. The lowest BCUT2D eigenvalue weighted by Gasteiger charge is -2.11. The largest absolute Gasteiger partial charge is 0.456 e. The summed E-state index contributed by atoms with van der Waals surface area (Å²) in [5.41, 5.74) is 12.5. The van der Waals surface area contributed by atoms with E-state index >= 15 is 0 Å². The first-order chi connectivity index (χ1) is 27.7. The van der Waals surface area contributed by atoms with Gasteiger partial charge in [0.05, 0.1) is 11.0 Å². The van der Waals surface area contributed by atoms with Crippen molar-refractivity contribution in [2.75, 3.05) is 0 Å². The van der Waals surface area contributed by atoms with E-state index in [0.29, 0.717) is 17.5 Å². The third-order valence-corrected chi connectivity index (χ3v) is 10.7. The average Bonchev–Trinajstić information content (AvgIpc) is 3.80. The first-order valence-corrected chi connectivity index (χ1v) is 18.8. The quantitative estimate of drug-likeness (QED) is 0.172. The molecule has 11 rings (SSSR count). The van der Waals surface area contributed by atoms with Crippen LogP contribution in [0.4, 0.5) is 0 Å². The van der Waals surface area contributed by atoms with Gasteiger partial charge in [-0.1, -0.05) is 152 Å². The second-order valence-corrected chi connectivity index (χ2v) is 14.1. The van der Waals surface area contributed by atoms with Gasteiger partial charge in [0.2, 0.25) is 0 Å². The molecule has 5 heteroatoms. The van der Waals surface area contributed by atoms with Crippen molar-refractivity contribution >= 4 is 43.7 Å². The summed E-state index contributed by atoms with van der Waals surface area (Å²) in [6.07, 6.45) is 0. The van der Waals surface area contributed by atoms with Crippen LogP contribution in [-0.4, -0.2) is 19.5 Å². The molecule has 0 atom stereocenters. The number of fused-ring (bicyclic) bond motifs is 6. The van der Waals surface area contributed by atoms with Crippen molar-refractivity contribution in [3.63, 3.8) is 0 Å². The van der Waals surface area contributed by atoms with Crippen LogP contribution >= 0.6 is 0 Å². The number of rotatable bonds is 6. The molecule has 0 aliphatic carbocycles. The Morgan fingerprint density at radius 1 is 0.304 bits per heavy atom. The van der Waals surface area contributed by atoms with Gasteiger partial charge in [-0.05, 0) is 64.7 Å². The lowest BCUT2D eigenvalue weighted by atomic mass is 10.00. The second-order valence-electron chi connectivity index (χ2n) is 14.1. The van der Waals surface area contributed by atoms with Crippen LogP contribution in [0.15, 0.2) is 199 Å². The number of hydrogen-bond donors (Lipinski definition) is 0. The van der Waals surface area contributed by atoms with Gasteiger partial charge in [0, 0.05) is 43.9 Å². The number of furan rings is 1. The van der Waals surface area contributed by atoms with E-state index in [2.05, 4.69) is 138 Å². The van der Waals surface area contributed by atoms with Crippen LogP contribution in [0.3, 0.4) is 0 Å². The van der Waals surface area contributed by atoms with Crippen molar-refractivity contribution in [1.29, 1.82) is 0 Å². The maximum Gasteiger partial charge on any atom is 0.164 e. The minimum Gasteiger partial charge on any atom is -0.456 e. The van der Waals surface area contributed by atoms with E-state index in [1.807, 2.05) is 60.7 Å². The number of para-hydroxylation sites is 1. The highest BCUT2D eigenvalue weighted by Gasteiger charge is 2.18. The van der Waals surface area contributed by atoms with E-state index in [1.54, 1.807) is 0 Å². The van der Waals surface area contributed by atoms with Crippen molar-refractivity contribution in [3.05, 3.63) is 194 Å². The van der Waals surface area contributed by atoms with Crippen LogP contribution in [0, 0.1) is 0 Å². The van der Waals surface area contributed by atoms with Crippen LogP contribution in [-0.2, 0) is 0 Å². The molecule has 3 heterocycles. The normalized spacial score (nSPS) is 11.6. The number of nitrogens with zero attached hydrogens (tertiary/aromatic N) is 4. The Labute approximate surface area is 322 Å². The summed E-state index contributed by atoms with van der Waals surface area (Å²) in [6, 6.07) is 67.6. The van der Waals surface area contributed by atoms with Gasteiger partial charge in [-0.15, -0.1) is 0 Å². The Bertz CT molecular complexity index is 3160. The molecule has 0 saturated carbocycles. The van der Waals surface area contributed by atoms with Crippen LogP contribution < -0.4 is 0 Å². The maximum atomic E-state index is 6.65. The number of hydrogen-bond acceptors (Lipinski definition) is 4. The third-order valence-electron chi connectivity index (χ3n) is 10.7. The molecule has 0 aliphatic rings. The smallest absolute Gasteiger partial charge is 0.164 e. The minimum atomic E-state index is 0.595. The van der Waals surface area contributed by atoms with Crippen LogP contribution in [0.2, 0.25) is 0 Å². The molecule has 0 amide bonds. The molecule has 0 fully saturated rings. The molecule has 3 aromatic heterocycles. The van der Waals surface area contributed by atoms with Gasteiger partial charge in [-0.3, -0.25) is 0 Å². The van der Waals surface area contributed by atoms with Crippen molar-refractivity contribution < 1.29 is 4.42 Å². The second kappa shape index (κ2) is 13.0. The first kappa shape index (κ1) is 31.9. The zero-order valence-corrected chi connectivity index (χ0v) is 30.2. The lowest BCUT2D eigenvalue weighted by Crippen LogP contribution is -2.00. The fraction of sp³-hybridized carbons (Fsp3) is 0. The Kier molecular flexibility index (Phi) is 7.42. The summed E-state index contributed by atoms with van der Waals surface area (Å²) in [5, 5.41) is 4.41. The first-order valence-electron chi connectivity index (χ1n) is 18.8. The molecule has 11 aromatic rings. The molecule has 0 bridgehead atoms. The highest BCUT2D eigenvalue weighted by atomic mass is 16.3. The molecular weight excluding hydrogens is 685 g/mol. The summed E-state index contributed by atoms with van der Waals surface area (Å²) < 4.78 is 9.03. The van der Waals surface area contributed by atoms with E-state index < -0.39 is 0 Å². The molecule has 56 heavy (non-hydrogen) atoms. The predicted octanol–water partition coefficient (Wildman–Crippen LogP) is 13.2. The van der Waals surface area contributed by atoms with Gasteiger partial charge < -0.3 is 8.98 Å². The summed E-state index contributed by atoms with van der Waals surface area (Å²) >= 11 is 0. The topological polar surface area (TPSA) is 56.7 Å². The summed E-state index contributed by atoms with van der Waals surface area (Å²) in [6.45, 7) is 0. The summed E-state index contributed by atoms with van der Waals surface area (Å²) in [7, 11) is 0. The Hall–Kier alpha value is -7.63.